The van der Waals surface area contributed by atoms with Crippen molar-refractivity contribution >= 4 is 26.8 Å². The standard InChI is InChI=1S/C28H25F2NO4S/c29-28(30)27(31(36(32,33)34)25-16-15-23-10-4-5-11-24(23)19-25)12-6-9-21-13-17-26(18-14-21)35-20-22-7-2-1-3-8-22/h1-5,7-8,10-19,28H,6,9,20H2,(H,32,33,34)/b27-12-. The van der Waals surface area contributed by atoms with Gasteiger partial charge in [-0.25, -0.2) is 13.1 Å². The number of halogens is 2. The van der Waals surface area contributed by atoms with Crippen LogP contribution in [0, 0.1) is 0 Å². The first-order valence-electron chi connectivity index (χ1n) is 11.3. The minimum Gasteiger partial charge on any atom is -0.489 e. The molecule has 0 amide bonds. The predicted octanol–water partition coefficient (Wildman–Crippen LogP) is 6.81. The average Bonchev–Trinajstić information content (AvgIpc) is 2.87. The summed E-state index contributed by atoms with van der Waals surface area (Å²) in [4.78, 5) is 0. The van der Waals surface area contributed by atoms with Crippen LogP contribution in [0.2, 0.25) is 0 Å². The highest BCUT2D eigenvalue weighted by molar-refractivity contribution is 7.87. The van der Waals surface area contributed by atoms with E-state index in [4.69, 9.17) is 4.74 Å². The molecule has 1 N–H and O–H groups in total. The van der Waals surface area contributed by atoms with Crippen molar-refractivity contribution in [3.8, 4) is 5.75 Å². The molecule has 0 saturated carbocycles. The molecule has 0 unspecified atom stereocenters. The van der Waals surface area contributed by atoms with E-state index in [9.17, 15) is 21.8 Å². The van der Waals surface area contributed by atoms with E-state index in [0.29, 0.717) is 28.5 Å². The van der Waals surface area contributed by atoms with Crippen LogP contribution < -0.4 is 9.04 Å². The van der Waals surface area contributed by atoms with Gasteiger partial charge in [-0.3, -0.25) is 4.55 Å². The Balaban J connectivity index is 1.48. The molecule has 0 aliphatic rings. The van der Waals surface area contributed by atoms with Gasteiger partial charge in [0.25, 0.3) is 6.43 Å². The van der Waals surface area contributed by atoms with Crippen LogP contribution in [0.15, 0.2) is 109 Å². The molecular weight excluding hydrogens is 484 g/mol. The highest BCUT2D eigenvalue weighted by atomic mass is 32.2. The molecule has 0 heterocycles. The number of anilines is 1. The molecule has 5 nitrogen and oxygen atoms in total. The van der Waals surface area contributed by atoms with E-state index in [0.717, 1.165) is 22.6 Å². The monoisotopic (exact) mass is 509 g/mol. The zero-order chi connectivity index (χ0) is 25.5. The predicted molar refractivity (Wildman–Crippen MR) is 138 cm³/mol. The summed E-state index contributed by atoms with van der Waals surface area (Å²) in [6.45, 7) is 0.431. The summed E-state index contributed by atoms with van der Waals surface area (Å²) in [6.07, 6.45) is -1.43. The Hall–Kier alpha value is -3.75. The van der Waals surface area contributed by atoms with Crippen molar-refractivity contribution in [2.75, 3.05) is 4.31 Å². The number of hydrogen-bond donors (Lipinski definition) is 1. The quantitative estimate of drug-likeness (QED) is 0.239. The number of aryl methyl sites for hydroxylation is 1. The van der Waals surface area contributed by atoms with Crippen LogP contribution in [0.4, 0.5) is 14.5 Å². The van der Waals surface area contributed by atoms with Gasteiger partial charge >= 0.3 is 10.3 Å². The van der Waals surface area contributed by atoms with Gasteiger partial charge in [-0.15, -0.1) is 0 Å². The summed E-state index contributed by atoms with van der Waals surface area (Å²) in [7, 11) is -4.99. The molecule has 0 atom stereocenters. The Morgan fingerprint density at radius 3 is 2.19 bits per heavy atom. The summed E-state index contributed by atoms with van der Waals surface area (Å²) in [5.74, 6) is 0.681. The lowest BCUT2D eigenvalue weighted by molar-refractivity contribution is 0.187. The van der Waals surface area contributed by atoms with E-state index < -0.39 is 22.4 Å². The molecule has 0 aromatic heterocycles. The Kier molecular flexibility index (Phi) is 7.97. The number of nitrogens with zero attached hydrogens (tertiary/aromatic N) is 1. The number of hydrogen-bond acceptors (Lipinski definition) is 3. The zero-order valence-electron chi connectivity index (χ0n) is 19.3. The maximum absolute atomic E-state index is 14.0. The second-order valence-electron chi connectivity index (χ2n) is 8.16. The van der Waals surface area contributed by atoms with Gasteiger partial charge in [0.05, 0.1) is 11.4 Å². The van der Waals surface area contributed by atoms with E-state index in [2.05, 4.69) is 0 Å². The topological polar surface area (TPSA) is 66.8 Å². The largest absolute Gasteiger partial charge is 0.489 e. The van der Waals surface area contributed by atoms with Crippen LogP contribution in [0.25, 0.3) is 10.8 Å². The average molecular weight is 510 g/mol. The Morgan fingerprint density at radius 2 is 1.53 bits per heavy atom. The minimum absolute atomic E-state index is 0.0670. The smallest absolute Gasteiger partial charge is 0.364 e. The fraction of sp³-hybridized carbons (Fsp3) is 0.143. The van der Waals surface area contributed by atoms with Crippen molar-refractivity contribution in [3.63, 3.8) is 0 Å². The van der Waals surface area contributed by atoms with Crippen molar-refractivity contribution in [2.24, 2.45) is 0 Å². The first-order chi connectivity index (χ1) is 17.3. The van der Waals surface area contributed by atoms with Gasteiger partial charge in [-0.2, -0.15) is 8.42 Å². The van der Waals surface area contributed by atoms with Crippen LogP contribution in [-0.4, -0.2) is 19.4 Å². The number of benzene rings is 4. The van der Waals surface area contributed by atoms with Crippen LogP contribution in [-0.2, 0) is 23.3 Å². The highest BCUT2D eigenvalue weighted by Gasteiger charge is 2.29. The molecule has 0 aliphatic heterocycles. The first-order valence-corrected chi connectivity index (χ1v) is 12.7. The highest BCUT2D eigenvalue weighted by Crippen LogP contribution is 2.30. The molecule has 0 spiro atoms. The van der Waals surface area contributed by atoms with Crippen molar-refractivity contribution < 1.29 is 26.5 Å². The molecular formula is C28H25F2NO4S. The van der Waals surface area contributed by atoms with Crippen LogP contribution in [0.5, 0.6) is 5.75 Å². The van der Waals surface area contributed by atoms with Gasteiger partial charge in [-0.05, 0) is 59.0 Å². The van der Waals surface area contributed by atoms with Crippen LogP contribution in [0.3, 0.4) is 0 Å². The fourth-order valence-corrected chi connectivity index (χ4v) is 4.66. The van der Waals surface area contributed by atoms with E-state index in [1.165, 1.54) is 12.1 Å². The molecule has 0 radical (unpaired) electrons. The summed E-state index contributed by atoms with van der Waals surface area (Å²) in [5.41, 5.74) is 1.05. The normalized spacial score (nSPS) is 12.2. The molecule has 4 rings (SSSR count). The Bertz CT molecular complexity index is 1440. The van der Waals surface area contributed by atoms with Gasteiger partial charge in [0, 0.05) is 0 Å². The summed E-state index contributed by atoms with van der Waals surface area (Å²) < 4.78 is 68.1. The third kappa shape index (κ3) is 6.47. The molecule has 0 saturated heterocycles. The number of fused-ring (bicyclic) bond motifs is 1. The minimum atomic E-state index is -4.99. The number of ether oxygens (including phenoxy) is 1. The lowest BCUT2D eigenvalue weighted by Crippen LogP contribution is -2.32. The number of rotatable bonds is 10. The fourth-order valence-electron chi connectivity index (χ4n) is 3.86. The van der Waals surface area contributed by atoms with E-state index in [1.807, 2.05) is 54.6 Å². The van der Waals surface area contributed by atoms with Gasteiger partial charge in [0.1, 0.15) is 12.4 Å². The maximum atomic E-state index is 14.0. The molecule has 0 fully saturated rings. The zero-order valence-corrected chi connectivity index (χ0v) is 20.1. The van der Waals surface area contributed by atoms with Gasteiger partial charge in [0.2, 0.25) is 0 Å². The molecule has 0 aliphatic carbocycles. The molecule has 8 heteroatoms. The SMILES string of the molecule is O=S(=O)(O)N(/C(=C\CCc1ccc(OCc2ccccc2)cc1)C(F)F)c1ccc2ccccc2c1. The molecule has 4 aromatic rings. The second kappa shape index (κ2) is 11.3. The summed E-state index contributed by atoms with van der Waals surface area (Å²) in [6, 6.07) is 28.6. The van der Waals surface area contributed by atoms with Gasteiger partial charge in [0.15, 0.2) is 0 Å². The van der Waals surface area contributed by atoms with Crippen molar-refractivity contribution in [3.05, 3.63) is 120 Å². The lowest BCUT2D eigenvalue weighted by Gasteiger charge is -2.24. The second-order valence-corrected chi connectivity index (χ2v) is 9.42. The van der Waals surface area contributed by atoms with Crippen molar-refractivity contribution in [1.29, 1.82) is 0 Å². The maximum Gasteiger partial charge on any atom is 0.364 e. The van der Waals surface area contributed by atoms with Crippen molar-refractivity contribution in [2.45, 2.75) is 25.9 Å². The van der Waals surface area contributed by atoms with Crippen molar-refractivity contribution in [1.82, 2.24) is 0 Å². The molecule has 36 heavy (non-hydrogen) atoms. The molecule has 0 bridgehead atoms. The van der Waals surface area contributed by atoms with Gasteiger partial charge < -0.3 is 4.74 Å². The lowest BCUT2D eigenvalue weighted by atomic mass is 10.1. The number of alkyl halides is 2. The number of allylic oxidation sites excluding steroid dienone is 2. The molecule has 4 aromatic carbocycles. The third-order valence-electron chi connectivity index (χ3n) is 5.61. The summed E-state index contributed by atoms with van der Waals surface area (Å²) >= 11 is 0. The van der Waals surface area contributed by atoms with E-state index in [1.54, 1.807) is 30.3 Å². The Labute approximate surface area is 209 Å². The van der Waals surface area contributed by atoms with Crippen LogP contribution >= 0.6 is 0 Å². The third-order valence-corrected chi connectivity index (χ3v) is 6.50. The summed E-state index contributed by atoms with van der Waals surface area (Å²) in [5, 5.41) is 1.47. The van der Waals surface area contributed by atoms with Gasteiger partial charge in [-0.1, -0.05) is 78.9 Å². The molecule has 186 valence electrons. The van der Waals surface area contributed by atoms with Crippen LogP contribution in [0.1, 0.15) is 17.5 Å². The van der Waals surface area contributed by atoms with E-state index >= 15 is 0 Å². The Morgan fingerprint density at radius 1 is 0.861 bits per heavy atom. The first kappa shape index (κ1) is 25.3. The van der Waals surface area contributed by atoms with E-state index in [-0.39, 0.29) is 12.1 Å².